The highest BCUT2D eigenvalue weighted by atomic mass is 16.5. The van der Waals surface area contributed by atoms with Gasteiger partial charge in [0.05, 0.1) is 6.54 Å². The number of pyridine rings is 1. The van der Waals surface area contributed by atoms with Gasteiger partial charge >= 0.3 is 0 Å². The quantitative estimate of drug-likeness (QED) is 0.733. The molecule has 0 bridgehead atoms. The largest absolute Gasteiger partial charge is 0.492 e. The van der Waals surface area contributed by atoms with Gasteiger partial charge in [-0.15, -0.1) is 0 Å². The van der Waals surface area contributed by atoms with E-state index in [9.17, 15) is 4.79 Å². The molecule has 0 amide bonds. The third kappa shape index (κ3) is 2.97. The Kier molecular flexibility index (Phi) is 3.73. The van der Waals surface area contributed by atoms with Gasteiger partial charge in [-0.05, 0) is 36.6 Å². The van der Waals surface area contributed by atoms with E-state index in [1.807, 2.05) is 67.7 Å². The summed E-state index contributed by atoms with van der Waals surface area (Å²) in [6.07, 6.45) is 1.82. The van der Waals surface area contributed by atoms with E-state index >= 15 is 0 Å². The van der Waals surface area contributed by atoms with E-state index in [0.29, 0.717) is 13.2 Å². The molecule has 3 nitrogen and oxygen atoms in total. The van der Waals surface area contributed by atoms with Crippen LogP contribution in [0.5, 0.6) is 5.75 Å². The van der Waals surface area contributed by atoms with Crippen LogP contribution < -0.4 is 10.3 Å². The lowest BCUT2D eigenvalue weighted by Gasteiger charge is -2.09. The van der Waals surface area contributed by atoms with E-state index in [2.05, 4.69) is 0 Å². The van der Waals surface area contributed by atoms with Gasteiger partial charge in [0.1, 0.15) is 12.4 Å². The van der Waals surface area contributed by atoms with Crippen LogP contribution in [-0.4, -0.2) is 11.2 Å². The summed E-state index contributed by atoms with van der Waals surface area (Å²) in [5, 5.41) is 1.72. The van der Waals surface area contributed by atoms with Gasteiger partial charge in [-0.2, -0.15) is 0 Å². The summed E-state index contributed by atoms with van der Waals surface area (Å²) in [5.74, 6) is 0.828. The van der Waals surface area contributed by atoms with Crippen LogP contribution in [-0.2, 0) is 6.54 Å². The van der Waals surface area contributed by atoms with Gasteiger partial charge in [-0.3, -0.25) is 4.79 Å². The number of benzene rings is 2. The standard InChI is InChI=1S/C18H17NO2/c1-14-6-8-16(9-7-14)21-13-12-19-11-10-15-4-2-3-5-17(15)18(19)20/h2-11H,12-13H2,1H3. The molecule has 3 aromatic rings. The van der Waals surface area contributed by atoms with Crippen LogP contribution in [0.2, 0.25) is 0 Å². The number of aryl methyl sites for hydroxylation is 1. The first-order chi connectivity index (χ1) is 10.2. The zero-order valence-electron chi connectivity index (χ0n) is 12.0. The number of aromatic nitrogens is 1. The molecule has 1 heterocycles. The van der Waals surface area contributed by atoms with Crippen LogP contribution in [0.4, 0.5) is 0 Å². The Morgan fingerprint density at radius 1 is 1.00 bits per heavy atom. The first-order valence-corrected chi connectivity index (χ1v) is 7.02. The van der Waals surface area contributed by atoms with Gasteiger partial charge in [-0.1, -0.05) is 35.9 Å². The summed E-state index contributed by atoms with van der Waals surface area (Å²) in [5.41, 5.74) is 1.23. The SMILES string of the molecule is Cc1ccc(OCCn2ccc3ccccc3c2=O)cc1. The van der Waals surface area contributed by atoms with Crippen molar-refractivity contribution in [3.05, 3.63) is 76.7 Å². The first kappa shape index (κ1) is 13.4. The van der Waals surface area contributed by atoms with Gasteiger partial charge in [0.15, 0.2) is 0 Å². The maximum atomic E-state index is 12.3. The molecule has 0 N–H and O–H groups in total. The van der Waals surface area contributed by atoms with Gasteiger partial charge in [-0.25, -0.2) is 0 Å². The molecule has 0 radical (unpaired) electrons. The molecule has 3 heteroatoms. The van der Waals surface area contributed by atoms with E-state index in [-0.39, 0.29) is 5.56 Å². The highest BCUT2D eigenvalue weighted by Crippen LogP contribution is 2.11. The monoisotopic (exact) mass is 279 g/mol. The van der Waals surface area contributed by atoms with Crippen molar-refractivity contribution in [2.75, 3.05) is 6.61 Å². The van der Waals surface area contributed by atoms with Crippen molar-refractivity contribution in [2.45, 2.75) is 13.5 Å². The van der Waals surface area contributed by atoms with Crippen molar-refractivity contribution in [3.63, 3.8) is 0 Å². The van der Waals surface area contributed by atoms with Crippen molar-refractivity contribution >= 4 is 10.8 Å². The van der Waals surface area contributed by atoms with Crippen LogP contribution in [0.1, 0.15) is 5.56 Å². The molecule has 21 heavy (non-hydrogen) atoms. The molecule has 2 aromatic carbocycles. The van der Waals surface area contributed by atoms with Crippen LogP contribution >= 0.6 is 0 Å². The van der Waals surface area contributed by atoms with Gasteiger partial charge in [0.25, 0.3) is 5.56 Å². The van der Waals surface area contributed by atoms with E-state index in [4.69, 9.17) is 4.74 Å². The fraction of sp³-hybridized carbons (Fsp3) is 0.167. The zero-order valence-corrected chi connectivity index (χ0v) is 12.0. The highest BCUT2D eigenvalue weighted by molar-refractivity contribution is 5.81. The fourth-order valence-electron chi connectivity index (χ4n) is 2.30. The third-order valence-corrected chi connectivity index (χ3v) is 3.51. The second kappa shape index (κ2) is 5.83. The minimum atomic E-state index is 0.0283. The van der Waals surface area contributed by atoms with Crippen molar-refractivity contribution in [2.24, 2.45) is 0 Å². The predicted molar refractivity (Wildman–Crippen MR) is 84.9 cm³/mol. The Morgan fingerprint density at radius 2 is 1.76 bits per heavy atom. The van der Waals surface area contributed by atoms with Crippen molar-refractivity contribution in [3.8, 4) is 5.75 Å². The molecule has 0 saturated heterocycles. The molecule has 0 fully saturated rings. The van der Waals surface area contributed by atoms with Crippen LogP contribution in [0.25, 0.3) is 10.8 Å². The lowest BCUT2D eigenvalue weighted by Crippen LogP contribution is -2.22. The summed E-state index contributed by atoms with van der Waals surface area (Å²) in [7, 11) is 0. The molecular weight excluding hydrogens is 262 g/mol. The molecule has 0 aliphatic rings. The van der Waals surface area contributed by atoms with Crippen LogP contribution in [0.3, 0.4) is 0 Å². The van der Waals surface area contributed by atoms with Gasteiger partial charge in [0.2, 0.25) is 0 Å². The van der Waals surface area contributed by atoms with Crippen molar-refractivity contribution < 1.29 is 4.74 Å². The third-order valence-electron chi connectivity index (χ3n) is 3.51. The number of ether oxygens (including phenoxy) is 1. The van der Waals surface area contributed by atoms with E-state index in [1.165, 1.54) is 5.56 Å². The molecule has 0 unspecified atom stereocenters. The Balaban J connectivity index is 1.72. The summed E-state index contributed by atoms with van der Waals surface area (Å²) < 4.78 is 7.36. The Bertz CT molecular complexity index is 803. The van der Waals surface area contributed by atoms with Crippen LogP contribution in [0.15, 0.2) is 65.6 Å². The number of rotatable bonds is 4. The number of hydrogen-bond acceptors (Lipinski definition) is 2. The molecule has 0 saturated carbocycles. The predicted octanol–water partition coefficient (Wildman–Crippen LogP) is 3.39. The maximum absolute atomic E-state index is 12.3. The molecule has 0 atom stereocenters. The topological polar surface area (TPSA) is 31.2 Å². The Hall–Kier alpha value is -2.55. The first-order valence-electron chi connectivity index (χ1n) is 7.02. The molecule has 106 valence electrons. The lowest BCUT2D eigenvalue weighted by atomic mass is 10.2. The molecular formula is C18H17NO2. The smallest absolute Gasteiger partial charge is 0.258 e. The second-order valence-corrected chi connectivity index (χ2v) is 5.06. The molecule has 1 aromatic heterocycles. The second-order valence-electron chi connectivity index (χ2n) is 5.06. The molecule has 3 rings (SSSR count). The molecule has 0 aliphatic heterocycles. The van der Waals surface area contributed by atoms with Gasteiger partial charge in [0, 0.05) is 11.6 Å². The summed E-state index contributed by atoms with van der Waals surface area (Å²) in [6.45, 7) is 3.05. The minimum Gasteiger partial charge on any atom is -0.492 e. The summed E-state index contributed by atoms with van der Waals surface area (Å²) in [6, 6.07) is 17.5. The van der Waals surface area contributed by atoms with E-state index in [0.717, 1.165) is 16.5 Å². The van der Waals surface area contributed by atoms with Gasteiger partial charge < -0.3 is 9.30 Å². The van der Waals surface area contributed by atoms with E-state index in [1.54, 1.807) is 4.57 Å². The fourth-order valence-corrected chi connectivity index (χ4v) is 2.30. The average Bonchev–Trinajstić information content (AvgIpc) is 2.52. The summed E-state index contributed by atoms with van der Waals surface area (Å²) in [4.78, 5) is 12.3. The number of nitrogens with zero attached hydrogens (tertiary/aromatic N) is 1. The average molecular weight is 279 g/mol. The zero-order chi connectivity index (χ0) is 14.7. The van der Waals surface area contributed by atoms with Crippen molar-refractivity contribution in [1.29, 1.82) is 0 Å². The minimum absolute atomic E-state index is 0.0283. The van der Waals surface area contributed by atoms with Crippen LogP contribution in [0, 0.1) is 6.92 Å². The lowest BCUT2D eigenvalue weighted by molar-refractivity contribution is 0.296. The Labute approximate surface area is 123 Å². The normalized spacial score (nSPS) is 10.7. The molecule has 0 spiro atoms. The highest BCUT2D eigenvalue weighted by Gasteiger charge is 2.02. The maximum Gasteiger partial charge on any atom is 0.258 e. The summed E-state index contributed by atoms with van der Waals surface area (Å²) >= 11 is 0. The van der Waals surface area contributed by atoms with Crippen molar-refractivity contribution in [1.82, 2.24) is 4.57 Å². The van der Waals surface area contributed by atoms with E-state index < -0.39 is 0 Å². The number of hydrogen-bond donors (Lipinski definition) is 0. The Morgan fingerprint density at radius 3 is 2.57 bits per heavy atom. The number of fused-ring (bicyclic) bond motifs is 1. The molecule has 0 aliphatic carbocycles.